The summed E-state index contributed by atoms with van der Waals surface area (Å²) in [6.07, 6.45) is 3.72. The van der Waals surface area contributed by atoms with E-state index in [1.165, 1.54) is 17.7 Å². The average molecular weight is 427 g/mol. The Hall–Kier alpha value is -2.86. The second kappa shape index (κ2) is 10.4. The molecule has 2 aromatic carbocycles. The molecule has 0 atom stereocenters. The highest BCUT2D eigenvalue weighted by atomic mass is 19.1. The molecule has 0 spiro atoms. The molecule has 0 N–H and O–H groups in total. The molecule has 1 aliphatic rings. The molecule has 2 aromatic rings. The smallest absolute Gasteiger partial charge is 0.410 e. The van der Waals surface area contributed by atoms with Gasteiger partial charge < -0.3 is 14.4 Å². The number of hydrogen-bond acceptors (Lipinski definition) is 4. The van der Waals surface area contributed by atoms with E-state index in [2.05, 4.69) is 29.2 Å². The first-order valence-electron chi connectivity index (χ1n) is 10.6. The van der Waals surface area contributed by atoms with Gasteiger partial charge in [-0.1, -0.05) is 30.3 Å². The van der Waals surface area contributed by atoms with Crippen molar-refractivity contribution < 1.29 is 18.7 Å². The van der Waals surface area contributed by atoms with Gasteiger partial charge in [-0.05, 0) is 62.2 Å². The van der Waals surface area contributed by atoms with Gasteiger partial charge in [0.1, 0.15) is 23.8 Å². The number of hydrogen-bond donors (Lipinski definition) is 0. The molecule has 6 heteroatoms. The summed E-state index contributed by atoms with van der Waals surface area (Å²) in [5.74, 6) is 0.376. The van der Waals surface area contributed by atoms with Crippen molar-refractivity contribution >= 4 is 12.2 Å². The van der Waals surface area contributed by atoms with E-state index in [9.17, 15) is 9.18 Å². The number of halogens is 1. The Morgan fingerprint density at radius 3 is 2.26 bits per heavy atom. The van der Waals surface area contributed by atoms with Crippen LogP contribution in [-0.4, -0.2) is 54.3 Å². The van der Waals surface area contributed by atoms with Gasteiger partial charge in [0.15, 0.2) is 0 Å². The number of amides is 1. The zero-order chi connectivity index (χ0) is 22.3. The molecular formula is C25H31FN2O3. The lowest BCUT2D eigenvalue weighted by Gasteiger charge is -2.35. The Bertz CT molecular complexity index is 865. The first-order valence-corrected chi connectivity index (χ1v) is 10.6. The minimum atomic E-state index is -0.461. The second-order valence-electron chi connectivity index (χ2n) is 8.65. The van der Waals surface area contributed by atoms with Crippen molar-refractivity contribution in [3.8, 4) is 5.75 Å². The number of benzene rings is 2. The number of rotatable bonds is 6. The molecule has 0 radical (unpaired) electrons. The van der Waals surface area contributed by atoms with Gasteiger partial charge in [-0.15, -0.1) is 0 Å². The minimum absolute atomic E-state index is 0.230. The monoisotopic (exact) mass is 426 g/mol. The van der Waals surface area contributed by atoms with Gasteiger partial charge >= 0.3 is 6.09 Å². The van der Waals surface area contributed by atoms with Crippen LogP contribution >= 0.6 is 0 Å². The fraction of sp³-hybridized carbons (Fsp3) is 0.400. The van der Waals surface area contributed by atoms with Gasteiger partial charge in [-0.25, -0.2) is 9.18 Å². The number of piperazine rings is 1. The summed E-state index contributed by atoms with van der Waals surface area (Å²) in [4.78, 5) is 16.3. The lowest BCUT2D eigenvalue weighted by Crippen LogP contribution is -2.49. The first kappa shape index (κ1) is 22.8. The largest absolute Gasteiger partial charge is 0.490 e. The topological polar surface area (TPSA) is 42.0 Å². The van der Waals surface area contributed by atoms with Crippen LogP contribution in [0.5, 0.6) is 5.75 Å². The molecular weight excluding hydrogens is 395 g/mol. The van der Waals surface area contributed by atoms with Crippen LogP contribution in [0.3, 0.4) is 0 Å². The molecule has 0 aliphatic carbocycles. The van der Waals surface area contributed by atoms with E-state index in [0.29, 0.717) is 25.4 Å². The van der Waals surface area contributed by atoms with Crippen molar-refractivity contribution in [2.24, 2.45) is 0 Å². The van der Waals surface area contributed by atoms with E-state index < -0.39 is 5.60 Å². The van der Waals surface area contributed by atoms with Gasteiger partial charge in [0, 0.05) is 32.7 Å². The van der Waals surface area contributed by atoms with Crippen LogP contribution in [0.15, 0.2) is 54.6 Å². The zero-order valence-corrected chi connectivity index (χ0v) is 18.5. The molecule has 1 aliphatic heterocycles. The summed E-state index contributed by atoms with van der Waals surface area (Å²) < 4.78 is 23.9. The van der Waals surface area contributed by atoms with Crippen LogP contribution in [0.1, 0.15) is 31.9 Å². The summed E-state index contributed by atoms with van der Waals surface area (Å²) in [5.41, 5.74) is 1.88. The molecule has 0 saturated carbocycles. The third-order valence-electron chi connectivity index (χ3n) is 4.88. The van der Waals surface area contributed by atoms with E-state index in [4.69, 9.17) is 9.47 Å². The molecule has 5 nitrogen and oxygen atoms in total. The zero-order valence-electron chi connectivity index (χ0n) is 18.5. The van der Waals surface area contributed by atoms with Crippen LogP contribution in [0, 0.1) is 5.82 Å². The Balaban J connectivity index is 1.40. The second-order valence-corrected chi connectivity index (χ2v) is 8.65. The van der Waals surface area contributed by atoms with Crippen LogP contribution in [0.4, 0.5) is 9.18 Å². The van der Waals surface area contributed by atoms with Crippen molar-refractivity contribution in [1.82, 2.24) is 9.80 Å². The number of carbonyl (C=O) groups excluding carboxylic acids is 1. The van der Waals surface area contributed by atoms with Gasteiger partial charge in [-0.3, -0.25) is 4.90 Å². The number of nitrogens with zero attached hydrogens (tertiary/aromatic N) is 2. The first-order chi connectivity index (χ1) is 14.8. The predicted octanol–water partition coefficient (Wildman–Crippen LogP) is 4.97. The van der Waals surface area contributed by atoms with Crippen molar-refractivity contribution in [3.63, 3.8) is 0 Å². The molecule has 3 rings (SSSR count). The molecule has 1 fully saturated rings. The van der Waals surface area contributed by atoms with E-state index in [1.807, 2.05) is 32.9 Å². The number of carbonyl (C=O) groups is 1. The quantitative estimate of drug-likeness (QED) is 0.654. The fourth-order valence-corrected chi connectivity index (χ4v) is 3.27. The van der Waals surface area contributed by atoms with Gasteiger partial charge in [0.05, 0.1) is 0 Å². The molecule has 166 valence electrons. The Labute approximate surface area is 184 Å². The van der Waals surface area contributed by atoms with Crippen LogP contribution in [0.2, 0.25) is 0 Å². The van der Waals surface area contributed by atoms with Crippen molar-refractivity contribution in [2.75, 3.05) is 32.8 Å². The third-order valence-corrected chi connectivity index (χ3v) is 4.88. The fourth-order valence-electron chi connectivity index (χ4n) is 3.27. The van der Waals surface area contributed by atoms with E-state index in [1.54, 1.807) is 17.0 Å². The Morgan fingerprint density at radius 2 is 1.65 bits per heavy atom. The standard InChI is InChI=1S/C25H31FN2O3/c1-25(2,3)31-24(29)28-16-14-27(15-17-28)19-21-8-6-20(7-9-21)5-4-18-30-23-12-10-22(26)11-13-23/h4-13H,14-19H2,1-3H3/b5-4+. The maximum absolute atomic E-state index is 12.9. The van der Waals surface area contributed by atoms with Crippen molar-refractivity contribution in [1.29, 1.82) is 0 Å². The van der Waals surface area contributed by atoms with Crippen LogP contribution in [-0.2, 0) is 11.3 Å². The van der Waals surface area contributed by atoms with E-state index in [-0.39, 0.29) is 11.9 Å². The molecule has 31 heavy (non-hydrogen) atoms. The molecule has 0 aromatic heterocycles. The van der Waals surface area contributed by atoms with Crippen molar-refractivity contribution in [3.05, 3.63) is 71.6 Å². The van der Waals surface area contributed by atoms with Crippen LogP contribution in [0.25, 0.3) is 6.08 Å². The Kier molecular flexibility index (Phi) is 7.69. The van der Waals surface area contributed by atoms with Gasteiger partial charge in [0.25, 0.3) is 0 Å². The van der Waals surface area contributed by atoms with Crippen LogP contribution < -0.4 is 4.74 Å². The summed E-state index contributed by atoms with van der Waals surface area (Å²) in [6.45, 7) is 9.99. The minimum Gasteiger partial charge on any atom is -0.490 e. The maximum atomic E-state index is 12.9. The summed E-state index contributed by atoms with van der Waals surface area (Å²) in [6, 6.07) is 14.4. The highest BCUT2D eigenvalue weighted by molar-refractivity contribution is 5.68. The SMILES string of the molecule is CC(C)(C)OC(=O)N1CCN(Cc2ccc(/C=C/COc3ccc(F)cc3)cc2)CC1. The van der Waals surface area contributed by atoms with Gasteiger partial charge in [-0.2, -0.15) is 0 Å². The number of ether oxygens (including phenoxy) is 2. The summed E-state index contributed by atoms with van der Waals surface area (Å²) in [5, 5.41) is 0. The average Bonchev–Trinajstić information content (AvgIpc) is 2.73. The Morgan fingerprint density at radius 1 is 1.00 bits per heavy atom. The van der Waals surface area contributed by atoms with Crippen molar-refractivity contribution in [2.45, 2.75) is 32.9 Å². The lowest BCUT2D eigenvalue weighted by atomic mass is 10.1. The molecule has 1 amide bonds. The van der Waals surface area contributed by atoms with Gasteiger partial charge in [0.2, 0.25) is 0 Å². The molecule has 1 heterocycles. The molecule has 0 unspecified atom stereocenters. The molecule has 0 bridgehead atoms. The lowest BCUT2D eigenvalue weighted by molar-refractivity contribution is 0.0139. The highest BCUT2D eigenvalue weighted by Crippen LogP contribution is 2.15. The van der Waals surface area contributed by atoms with E-state index in [0.717, 1.165) is 25.2 Å². The molecule has 1 saturated heterocycles. The third kappa shape index (κ3) is 7.72. The predicted molar refractivity (Wildman–Crippen MR) is 120 cm³/mol. The summed E-state index contributed by atoms with van der Waals surface area (Å²) in [7, 11) is 0. The van der Waals surface area contributed by atoms with E-state index >= 15 is 0 Å². The maximum Gasteiger partial charge on any atom is 0.410 e. The highest BCUT2D eigenvalue weighted by Gasteiger charge is 2.25. The summed E-state index contributed by atoms with van der Waals surface area (Å²) >= 11 is 0. The normalized spacial score (nSPS) is 15.3.